The molecule has 1 fully saturated rings. The highest BCUT2D eigenvalue weighted by Gasteiger charge is 2.53. The summed E-state index contributed by atoms with van der Waals surface area (Å²) in [7, 11) is 0. The van der Waals surface area contributed by atoms with Crippen molar-refractivity contribution in [3.8, 4) is 0 Å². The lowest BCUT2D eigenvalue weighted by Gasteiger charge is -2.47. The number of halogens is 2. The lowest BCUT2D eigenvalue weighted by molar-refractivity contribution is -0.141. The minimum Gasteiger partial charge on any atom is -0.299 e. The first-order chi connectivity index (χ1) is 8.05. The Morgan fingerprint density at radius 3 is 2.53 bits per heavy atom. The van der Waals surface area contributed by atoms with E-state index >= 15 is 0 Å². The van der Waals surface area contributed by atoms with Crippen LogP contribution in [0.2, 0.25) is 0 Å². The van der Waals surface area contributed by atoms with E-state index in [-0.39, 0.29) is 22.9 Å². The molecule has 1 unspecified atom stereocenters. The summed E-state index contributed by atoms with van der Waals surface area (Å²) in [5.41, 5.74) is 0.366. The number of Topliss-reactive ketones (excluding diaryl/α,β-unsaturated/α-hetero) is 1. The Kier molecular flexibility index (Phi) is 3.39. The molecule has 0 heterocycles. The molecular formula is C14H16BrFO. The first kappa shape index (κ1) is 12.7. The number of carbonyl (C=O) groups excluding carboxylic acids is 1. The van der Waals surface area contributed by atoms with Crippen LogP contribution in [-0.2, 0) is 4.79 Å². The fourth-order valence-electron chi connectivity index (χ4n) is 2.98. The predicted molar refractivity (Wildman–Crippen MR) is 69.5 cm³/mol. The molecule has 2 rings (SSSR count). The van der Waals surface area contributed by atoms with Gasteiger partial charge in [0.05, 0.1) is 0 Å². The van der Waals surface area contributed by atoms with E-state index in [9.17, 15) is 9.18 Å². The predicted octanol–water partition coefficient (Wildman–Crippen LogP) is 4.45. The van der Waals surface area contributed by atoms with Crippen LogP contribution < -0.4 is 0 Å². The molecule has 1 aliphatic rings. The minimum atomic E-state index is -0.325. The van der Waals surface area contributed by atoms with Crippen LogP contribution in [0.5, 0.6) is 0 Å². The minimum absolute atomic E-state index is 0.0538. The average Bonchev–Trinajstić information content (AvgIpc) is 2.29. The topological polar surface area (TPSA) is 17.1 Å². The van der Waals surface area contributed by atoms with Gasteiger partial charge in [0.15, 0.2) is 0 Å². The SMILES string of the molecule is CCC1(CC)C(=O)CC1c1ccc(Br)cc1F. The van der Waals surface area contributed by atoms with Crippen molar-refractivity contribution in [2.45, 2.75) is 39.0 Å². The van der Waals surface area contributed by atoms with Gasteiger partial charge in [0.1, 0.15) is 11.6 Å². The summed E-state index contributed by atoms with van der Waals surface area (Å²) in [4.78, 5) is 11.8. The van der Waals surface area contributed by atoms with Crippen LogP contribution in [0.1, 0.15) is 44.6 Å². The van der Waals surface area contributed by atoms with Crippen molar-refractivity contribution in [2.24, 2.45) is 5.41 Å². The van der Waals surface area contributed by atoms with E-state index in [1.165, 1.54) is 6.07 Å². The molecule has 1 aromatic carbocycles. The number of rotatable bonds is 3. The molecule has 3 heteroatoms. The lowest BCUT2D eigenvalue weighted by atomic mass is 9.54. The summed E-state index contributed by atoms with van der Waals surface area (Å²) in [6.07, 6.45) is 2.07. The Bertz CT molecular complexity index is 452. The molecule has 0 spiro atoms. The van der Waals surface area contributed by atoms with E-state index in [0.29, 0.717) is 12.0 Å². The van der Waals surface area contributed by atoms with Gasteiger partial charge in [-0.15, -0.1) is 0 Å². The van der Waals surface area contributed by atoms with Crippen molar-refractivity contribution in [1.29, 1.82) is 0 Å². The highest BCUT2D eigenvalue weighted by Crippen LogP contribution is 2.54. The Morgan fingerprint density at radius 1 is 1.41 bits per heavy atom. The van der Waals surface area contributed by atoms with E-state index in [2.05, 4.69) is 15.9 Å². The third kappa shape index (κ3) is 1.85. The van der Waals surface area contributed by atoms with Crippen LogP contribution in [0.15, 0.2) is 22.7 Å². The Morgan fingerprint density at radius 2 is 2.06 bits per heavy atom. The number of benzene rings is 1. The van der Waals surface area contributed by atoms with Crippen molar-refractivity contribution < 1.29 is 9.18 Å². The first-order valence-electron chi connectivity index (χ1n) is 6.03. The number of carbonyl (C=O) groups is 1. The molecular weight excluding hydrogens is 283 g/mol. The molecule has 0 bridgehead atoms. The molecule has 1 atom stereocenters. The smallest absolute Gasteiger partial charge is 0.140 e. The van der Waals surface area contributed by atoms with Crippen LogP contribution >= 0.6 is 15.9 Å². The maximum Gasteiger partial charge on any atom is 0.140 e. The molecule has 0 aliphatic heterocycles. The number of hydrogen-bond donors (Lipinski definition) is 0. The summed E-state index contributed by atoms with van der Waals surface area (Å²) < 4.78 is 14.7. The van der Waals surface area contributed by atoms with Gasteiger partial charge >= 0.3 is 0 Å². The van der Waals surface area contributed by atoms with Gasteiger partial charge in [-0.2, -0.15) is 0 Å². The zero-order valence-electron chi connectivity index (χ0n) is 10.1. The van der Waals surface area contributed by atoms with Gasteiger partial charge < -0.3 is 0 Å². The van der Waals surface area contributed by atoms with Crippen molar-refractivity contribution in [3.63, 3.8) is 0 Å². The van der Waals surface area contributed by atoms with Crippen LogP contribution in [0.25, 0.3) is 0 Å². The van der Waals surface area contributed by atoms with Gasteiger partial charge in [-0.1, -0.05) is 35.8 Å². The highest BCUT2D eigenvalue weighted by atomic mass is 79.9. The molecule has 92 valence electrons. The normalized spacial score (nSPS) is 22.4. The number of ketones is 1. The van der Waals surface area contributed by atoms with Crippen LogP contribution in [0, 0.1) is 11.2 Å². The lowest BCUT2D eigenvalue weighted by Crippen LogP contribution is -2.47. The highest BCUT2D eigenvalue weighted by molar-refractivity contribution is 9.10. The fourth-order valence-corrected chi connectivity index (χ4v) is 3.31. The summed E-state index contributed by atoms with van der Waals surface area (Å²) in [6, 6.07) is 5.13. The van der Waals surface area contributed by atoms with Gasteiger partial charge in [-0.25, -0.2) is 4.39 Å². The molecule has 1 nitrogen and oxygen atoms in total. The fraction of sp³-hybridized carbons (Fsp3) is 0.500. The molecule has 1 aromatic rings. The molecule has 0 aromatic heterocycles. The average molecular weight is 299 g/mol. The Hall–Kier alpha value is -0.700. The van der Waals surface area contributed by atoms with Gasteiger partial charge in [-0.3, -0.25) is 4.79 Å². The van der Waals surface area contributed by atoms with Gasteiger partial charge in [0.2, 0.25) is 0 Å². The van der Waals surface area contributed by atoms with Crippen molar-refractivity contribution in [2.75, 3.05) is 0 Å². The van der Waals surface area contributed by atoms with Crippen LogP contribution in [-0.4, -0.2) is 5.78 Å². The standard InChI is InChI=1S/C14H16BrFO/c1-3-14(4-2)11(8-13(14)17)10-6-5-9(15)7-12(10)16/h5-7,11H,3-4,8H2,1-2H3. The maximum atomic E-state index is 13.9. The quantitative estimate of drug-likeness (QED) is 0.806. The van der Waals surface area contributed by atoms with Crippen LogP contribution in [0.3, 0.4) is 0 Å². The first-order valence-corrected chi connectivity index (χ1v) is 6.82. The third-order valence-corrected chi connectivity index (χ3v) is 4.70. The third-order valence-electron chi connectivity index (χ3n) is 4.21. The van der Waals surface area contributed by atoms with Crippen molar-refractivity contribution in [1.82, 2.24) is 0 Å². The molecule has 0 radical (unpaired) electrons. The molecule has 0 saturated heterocycles. The largest absolute Gasteiger partial charge is 0.299 e. The summed E-state index contributed by atoms with van der Waals surface area (Å²) >= 11 is 3.25. The Balaban J connectivity index is 2.38. The van der Waals surface area contributed by atoms with E-state index in [4.69, 9.17) is 0 Å². The summed E-state index contributed by atoms with van der Waals surface area (Å²) in [6.45, 7) is 4.04. The summed E-state index contributed by atoms with van der Waals surface area (Å²) in [5, 5.41) is 0. The summed E-state index contributed by atoms with van der Waals surface area (Å²) in [5.74, 6) is 0.135. The maximum absolute atomic E-state index is 13.9. The van der Waals surface area contributed by atoms with Gasteiger partial charge in [0, 0.05) is 22.2 Å². The van der Waals surface area contributed by atoms with Gasteiger partial charge in [-0.05, 0) is 30.5 Å². The zero-order chi connectivity index (χ0) is 12.6. The van der Waals surface area contributed by atoms with Crippen molar-refractivity contribution in [3.05, 3.63) is 34.1 Å². The van der Waals surface area contributed by atoms with Crippen molar-refractivity contribution >= 4 is 21.7 Å². The van der Waals surface area contributed by atoms with E-state index < -0.39 is 0 Å². The second kappa shape index (κ2) is 4.52. The van der Waals surface area contributed by atoms with E-state index in [1.54, 1.807) is 6.07 Å². The van der Waals surface area contributed by atoms with E-state index in [1.807, 2.05) is 19.9 Å². The van der Waals surface area contributed by atoms with E-state index in [0.717, 1.165) is 17.3 Å². The molecule has 1 saturated carbocycles. The van der Waals surface area contributed by atoms with Crippen LogP contribution in [0.4, 0.5) is 4.39 Å². The zero-order valence-corrected chi connectivity index (χ0v) is 11.7. The monoisotopic (exact) mass is 298 g/mol. The molecule has 17 heavy (non-hydrogen) atoms. The molecule has 1 aliphatic carbocycles. The second-order valence-corrected chi connectivity index (χ2v) is 5.62. The Labute approximate surface area is 110 Å². The number of hydrogen-bond acceptors (Lipinski definition) is 1. The second-order valence-electron chi connectivity index (χ2n) is 4.71. The molecule has 0 amide bonds. The molecule has 0 N–H and O–H groups in total. The van der Waals surface area contributed by atoms with Gasteiger partial charge in [0.25, 0.3) is 0 Å².